The van der Waals surface area contributed by atoms with Crippen molar-refractivity contribution in [2.45, 2.75) is 59.5 Å². The van der Waals surface area contributed by atoms with Crippen molar-refractivity contribution in [3.05, 3.63) is 155 Å². The molecule has 3 aliphatic rings. The highest BCUT2D eigenvalue weighted by molar-refractivity contribution is 6.03. The molecule has 7 rings (SSSR count). The summed E-state index contributed by atoms with van der Waals surface area (Å²) in [7, 11) is 3.30. The topological polar surface area (TPSA) is 59.0 Å². The summed E-state index contributed by atoms with van der Waals surface area (Å²) in [6.07, 6.45) is 11.9. The smallest absolute Gasteiger partial charge is 0.237 e. The zero-order valence-corrected chi connectivity index (χ0v) is 33.1. The molecule has 1 aliphatic heterocycles. The number of allylic oxidation sites excluding steroid dienone is 7. The van der Waals surface area contributed by atoms with Gasteiger partial charge in [0.05, 0.1) is 26.2 Å². The third kappa shape index (κ3) is 7.73. The predicted molar refractivity (Wildman–Crippen MR) is 225 cm³/mol. The van der Waals surface area contributed by atoms with E-state index in [1.54, 1.807) is 14.2 Å². The van der Waals surface area contributed by atoms with E-state index in [0.717, 1.165) is 64.4 Å². The van der Waals surface area contributed by atoms with Crippen LogP contribution in [0.1, 0.15) is 70.1 Å². The molecule has 5 heteroatoms. The van der Waals surface area contributed by atoms with Crippen LogP contribution in [0.2, 0.25) is 0 Å². The number of ether oxygens (including phenoxy) is 2. The second-order valence-corrected chi connectivity index (χ2v) is 16.1. The number of hydrogen-bond donors (Lipinski definition) is 1. The normalized spacial score (nSPS) is 27.1. The van der Waals surface area contributed by atoms with Crippen LogP contribution in [-0.2, 0) is 4.79 Å². The fourth-order valence-corrected chi connectivity index (χ4v) is 10.0. The van der Waals surface area contributed by atoms with Crippen LogP contribution in [0, 0.1) is 35.0 Å². The van der Waals surface area contributed by atoms with Gasteiger partial charge in [0.1, 0.15) is 11.5 Å². The summed E-state index contributed by atoms with van der Waals surface area (Å²) in [4.78, 5) is 16.8. The average Bonchev–Trinajstić information content (AvgIpc) is 3.53. The Bertz CT molecular complexity index is 2080. The third-order valence-corrected chi connectivity index (χ3v) is 12.5. The van der Waals surface area contributed by atoms with Gasteiger partial charge in [-0.1, -0.05) is 117 Å². The van der Waals surface area contributed by atoms with E-state index in [2.05, 4.69) is 113 Å². The van der Waals surface area contributed by atoms with Crippen LogP contribution in [0.25, 0.3) is 17.2 Å². The highest BCUT2D eigenvalue weighted by Crippen LogP contribution is 2.59. The summed E-state index contributed by atoms with van der Waals surface area (Å²) >= 11 is 0. The second-order valence-electron chi connectivity index (χ2n) is 16.1. The van der Waals surface area contributed by atoms with Gasteiger partial charge in [0.25, 0.3) is 0 Å². The monoisotopic (exact) mass is 733 g/mol. The minimum Gasteiger partial charge on any atom is -0.497 e. The van der Waals surface area contributed by atoms with Gasteiger partial charge in [0.2, 0.25) is 5.91 Å². The Morgan fingerprint density at radius 3 is 2.05 bits per heavy atom. The maximum atomic E-state index is 15.0. The van der Waals surface area contributed by atoms with Crippen LogP contribution in [0.15, 0.2) is 139 Å². The molecule has 2 aliphatic carbocycles. The molecule has 55 heavy (non-hydrogen) atoms. The molecular formula is C50H55NO4. The summed E-state index contributed by atoms with van der Waals surface area (Å²) in [5.41, 5.74) is 8.38. The van der Waals surface area contributed by atoms with Gasteiger partial charge in [0.15, 0.2) is 0 Å². The molecule has 7 atom stereocenters. The first-order valence-electron chi connectivity index (χ1n) is 19.8. The maximum absolute atomic E-state index is 15.0. The number of nitrogens with zero attached hydrogens (tertiary/aromatic N) is 1. The maximum Gasteiger partial charge on any atom is 0.237 e. The zero-order valence-electron chi connectivity index (χ0n) is 33.1. The number of hydrogen-bond acceptors (Lipinski definition) is 4. The van der Waals surface area contributed by atoms with E-state index >= 15 is 4.79 Å². The first kappa shape index (κ1) is 38.2. The second kappa shape index (κ2) is 16.3. The number of carbonyl (C=O) groups is 1. The summed E-state index contributed by atoms with van der Waals surface area (Å²) in [6.45, 7) is 9.11. The number of aliphatic hydroxyl groups excluding tert-OH is 1. The van der Waals surface area contributed by atoms with E-state index < -0.39 is 12.0 Å². The first-order valence-corrected chi connectivity index (χ1v) is 19.8. The van der Waals surface area contributed by atoms with E-state index in [9.17, 15) is 5.11 Å². The van der Waals surface area contributed by atoms with Gasteiger partial charge in [-0.25, -0.2) is 0 Å². The summed E-state index contributed by atoms with van der Waals surface area (Å²) in [5, 5.41) is 13.2. The molecule has 0 aromatic heterocycles. The van der Waals surface area contributed by atoms with Crippen LogP contribution in [-0.4, -0.2) is 31.3 Å². The quantitative estimate of drug-likeness (QED) is 0.130. The average molecular weight is 734 g/mol. The van der Waals surface area contributed by atoms with Crippen LogP contribution in [0.3, 0.4) is 0 Å². The predicted octanol–water partition coefficient (Wildman–Crippen LogP) is 11.3. The molecule has 2 fully saturated rings. The van der Waals surface area contributed by atoms with Gasteiger partial charge in [-0.3, -0.25) is 9.69 Å². The van der Waals surface area contributed by atoms with E-state index in [1.165, 1.54) is 11.1 Å². The number of amides is 1. The highest BCUT2D eigenvalue weighted by atomic mass is 16.5. The molecule has 4 aromatic rings. The minimum atomic E-state index is -0.890. The van der Waals surface area contributed by atoms with E-state index in [1.807, 2.05) is 53.4 Å². The lowest BCUT2D eigenvalue weighted by Crippen LogP contribution is -2.51. The lowest BCUT2D eigenvalue weighted by Gasteiger charge is -2.54. The molecule has 284 valence electrons. The number of benzene rings is 4. The van der Waals surface area contributed by atoms with Crippen molar-refractivity contribution in [3.8, 4) is 11.5 Å². The first-order chi connectivity index (χ1) is 26.6. The molecule has 1 saturated heterocycles. The van der Waals surface area contributed by atoms with Crippen molar-refractivity contribution in [2.75, 3.05) is 19.1 Å². The van der Waals surface area contributed by atoms with Crippen molar-refractivity contribution in [1.82, 2.24) is 0 Å². The zero-order chi connectivity index (χ0) is 38.7. The van der Waals surface area contributed by atoms with Gasteiger partial charge in [-0.2, -0.15) is 0 Å². The van der Waals surface area contributed by atoms with Gasteiger partial charge >= 0.3 is 0 Å². The molecule has 0 radical (unpaired) electrons. The minimum absolute atomic E-state index is 0.0714. The highest BCUT2D eigenvalue weighted by Gasteiger charge is 2.54. The van der Waals surface area contributed by atoms with E-state index in [-0.39, 0.29) is 29.1 Å². The Morgan fingerprint density at radius 1 is 0.855 bits per heavy atom. The molecule has 4 aromatic carbocycles. The van der Waals surface area contributed by atoms with Gasteiger partial charge in [-0.15, -0.1) is 0 Å². The molecule has 1 amide bonds. The molecule has 1 heterocycles. The number of aliphatic hydroxyl groups is 1. The molecule has 5 nitrogen and oxygen atoms in total. The number of rotatable bonds is 10. The van der Waals surface area contributed by atoms with E-state index in [0.29, 0.717) is 12.3 Å². The molecular weight excluding hydrogens is 679 g/mol. The van der Waals surface area contributed by atoms with Crippen LogP contribution >= 0.6 is 0 Å². The van der Waals surface area contributed by atoms with Crippen molar-refractivity contribution in [1.29, 1.82) is 0 Å². The van der Waals surface area contributed by atoms with Crippen LogP contribution in [0.5, 0.6) is 11.5 Å². The molecule has 1 N–H and O–H groups in total. The molecule has 0 spiro atoms. The molecule has 0 bridgehead atoms. The SMILES string of the molecule is C/C=C(/C=C(\c1ccccc1)[C@H]1C(C)=C[C@@]2(C)C[C@@H](C)CCC2[C@H]1C(O)C1C/C(=C\c2ccc(OC)cc2)N(c2ccc(OC)cc2)C1=O)c1ccccc1. The summed E-state index contributed by atoms with van der Waals surface area (Å²) < 4.78 is 10.9. The lowest BCUT2D eigenvalue weighted by atomic mass is 9.51. The Kier molecular flexibility index (Phi) is 11.3. The molecule has 1 saturated carbocycles. The van der Waals surface area contributed by atoms with Crippen LogP contribution < -0.4 is 14.4 Å². The van der Waals surface area contributed by atoms with Crippen molar-refractivity contribution in [2.24, 2.45) is 35.0 Å². The Balaban J connectivity index is 1.37. The summed E-state index contributed by atoms with van der Waals surface area (Å²) in [5.74, 6) is 1.31. The van der Waals surface area contributed by atoms with Crippen molar-refractivity contribution < 1.29 is 19.4 Å². The fourth-order valence-electron chi connectivity index (χ4n) is 10.0. The standard InChI is InChI=1S/C50H55NO4/c1-7-36(37-14-10-8-11-15-37)29-43(38-16-12-9-13-17-38)46-34(3)32-50(4)31-33(2)18-27-45(50)47(46)48(52)44-30-40(28-35-19-23-41(54-5)24-20-35)51(49(44)53)39-21-25-42(55-6)26-22-39/h7-17,19-26,28-29,32-33,44-48,52H,18,27,30-31H2,1-6H3/b36-7-,40-28+,43-29+/t33-,44?,45?,46+,47+,48?,50+/m0/s1. The Morgan fingerprint density at radius 2 is 1.45 bits per heavy atom. The number of carbonyl (C=O) groups excluding carboxylic acids is 1. The van der Waals surface area contributed by atoms with Gasteiger partial charge in [-0.05, 0) is 120 Å². The van der Waals surface area contributed by atoms with E-state index in [4.69, 9.17) is 9.47 Å². The molecule has 3 unspecified atom stereocenters. The van der Waals surface area contributed by atoms with Gasteiger partial charge < -0.3 is 14.6 Å². The Labute approximate surface area is 327 Å². The van der Waals surface area contributed by atoms with Crippen molar-refractivity contribution in [3.63, 3.8) is 0 Å². The van der Waals surface area contributed by atoms with Crippen molar-refractivity contribution >= 4 is 28.8 Å². The third-order valence-electron chi connectivity index (χ3n) is 12.5. The number of anilines is 1. The number of methoxy groups -OCH3 is 2. The lowest BCUT2D eigenvalue weighted by molar-refractivity contribution is -0.127. The number of fused-ring (bicyclic) bond motifs is 1. The van der Waals surface area contributed by atoms with Crippen LogP contribution in [0.4, 0.5) is 5.69 Å². The Hall–Kier alpha value is -5.13. The van der Waals surface area contributed by atoms with Gasteiger partial charge in [0, 0.05) is 23.7 Å². The fraction of sp³-hybridized carbons (Fsp3) is 0.340. The largest absolute Gasteiger partial charge is 0.497 e. The summed E-state index contributed by atoms with van der Waals surface area (Å²) in [6, 6.07) is 36.7.